The molecule has 5 heteroatoms. The lowest BCUT2D eigenvalue weighted by molar-refractivity contribution is 0.229. The third-order valence-electron chi connectivity index (χ3n) is 4.79. The second-order valence-electron chi connectivity index (χ2n) is 9.07. The van der Waals surface area contributed by atoms with E-state index >= 15 is 0 Å². The van der Waals surface area contributed by atoms with Crippen molar-refractivity contribution in [2.75, 3.05) is 0 Å². The fraction of sp³-hybridized carbons (Fsp3) is 0.600. The van der Waals surface area contributed by atoms with Crippen molar-refractivity contribution in [2.24, 2.45) is 0 Å². The van der Waals surface area contributed by atoms with Crippen molar-refractivity contribution in [1.29, 1.82) is 0 Å². The number of hydrogen-bond donors (Lipinski definition) is 0. The minimum Gasteiger partial charge on any atom is -0.406 e. The number of benzene rings is 1. The molecule has 0 N–H and O–H groups in total. The van der Waals surface area contributed by atoms with Crippen LogP contribution in [0.15, 0.2) is 30.3 Å². The maximum Gasteiger partial charge on any atom is 0.218 e. The van der Waals surface area contributed by atoms with Gasteiger partial charge < -0.3 is 4.43 Å². The van der Waals surface area contributed by atoms with Crippen LogP contribution in [-0.2, 0) is 9.84 Å². The zero-order chi connectivity index (χ0) is 19.7. The van der Waals surface area contributed by atoms with Crippen molar-refractivity contribution < 1.29 is 4.43 Å². The van der Waals surface area contributed by atoms with E-state index in [1.54, 1.807) is 0 Å². The highest BCUT2D eigenvalue weighted by Gasteiger charge is 2.43. The predicted molar refractivity (Wildman–Crippen MR) is 117 cm³/mol. The molecule has 1 aromatic rings. The van der Waals surface area contributed by atoms with Gasteiger partial charge >= 0.3 is 0 Å². The van der Waals surface area contributed by atoms with Crippen LogP contribution < -0.4 is 0 Å². The van der Waals surface area contributed by atoms with Gasteiger partial charge in [0.15, 0.2) is 8.32 Å². The van der Waals surface area contributed by atoms with Crippen LogP contribution in [0.25, 0.3) is 6.08 Å². The molecule has 25 heavy (non-hydrogen) atoms. The van der Waals surface area contributed by atoms with E-state index in [0.717, 1.165) is 5.56 Å². The monoisotopic (exact) mass is 420 g/mol. The van der Waals surface area contributed by atoms with E-state index in [1.165, 1.54) is 5.56 Å². The first-order valence-corrected chi connectivity index (χ1v) is 12.6. The van der Waals surface area contributed by atoms with E-state index < -0.39 is 18.2 Å². The topological polar surface area (TPSA) is 9.23 Å². The van der Waals surface area contributed by atoms with Crippen LogP contribution in [0, 0.1) is 0 Å². The summed E-state index contributed by atoms with van der Waals surface area (Å²) in [7, 11) is -2.05. The van der Waals surface area contributed by atoms with Gasteiger partial charge in [-0.25, -0.2) is 0 Å². The van der Waals surface area contributed by atoms with Crippen LogP contribution in [-0.4, -0.2) is 18.2 Å². The third-order valence-corrected chi connectivity index (χ3v) is 9.89. The van der Waals surface area contributed by atoms with Crippen molar-refractivity contribution >= 4 is 49.2 Å². The van der Waals surface area contributed by atoms with Gasteiger partial charge in [-0.3, -0.25) is 0 Å². The van der Waals surface area contributed by atoms with Gasteiger partial charge in [0.2, 0.25) is 3.79 Å². The molecule has 0 saturated heterocycles. The largest absolute Gasteiger partial charge is 0.406 e. The molecule has 0 fully saturated rings. The molecule has 1 rings (SSSR count). The molecule has 0 aliphatic carbocycles. The summed E-state index contributed by atoms with van der Waals surface area (Å²) in [4.78, 5) is 0. The molecule has 0 heterocycles. The summed E-state index contributed by atoms with van der Waals surface area (Å²) in [6.07, 6.45) is 3.24. The van der Waals surface area contributed by atoms with Gasteiger partial charge in [-0.15, -0.1) is 0 Å². The molecule has 0 amide bonds. The van der Waals surface area contributed by atoms with Gasteiger partial charge in [-0.2, -0.15) is 0 Å². The highest BCUT2D eigenvalue weighted by molar-refractivity contribution is 6.74. The first-order chi connectivity index (χ1) is 11.0. The van der Waals surface area contributed by atoms with Gasteiger partial charge in [0, 0.05) is 0 Å². The Morgan fingerprint density at radius 3 is 1.76 bits per heavy atom. The van der Waals surface area contributed by atoms with Crippen LogP contribution in [0.1, 0.15) is 52.7 Å². The van der Waals surface area contributed by atoms with Crippen LogP contribution in [0.3, 0.4) is 0 Å². The molecule has 0 aromatic heterocycles. The van der Waals surface area contributed by atoms with Crippen molar-refractivity contribution in [2.45, 2.75) is 75.0 Å². The van der Waals surface area contributed by atoms with E-state index in [4.69, 9.17) is 39.2 Å². The first kappa shape index (κ1) is 23.0. The second-order valence-corrected chi connectivity index (χ2v) is 16.2. The predicted octanol–water partition coefficient (Wildman–Crippen LogP) is 7.76. The second kappa shape index (κ2) is 7.94. The molecule has 1 nitrogen and oxygen atoms in total. The average Bonchev–Trinajstić information content (AvgIpc) is 2.40. The molecule has 0 saturated carbocycles. The van der Waals surface area contributed by atoms with Crippen molar-refractivity contribution in [3.05, 3.63) is 41.5 Å². The van der Waals surface area contributed by atoms with Crippen molar-refractivity contribution in [1.82, 2.24) is 0 Å². The van der Waals surface area contributed by atoms with E-state index in [0.29, 0.717) is 0 Å². The number of rotatable bonds is 4. The Morgan fingerprint density at radius 2 is 1.40 bits per heavy atom. The lowest BCUT2D eigenvalue weighted by Crippen LogP contribution is -2.46. The molecule has 1 aromatic carbocycles. The lowest BCUT2D eigenvalue weighted by Gasteiger charge is -2.40. The highest BCUT2D eigenvalue weighted by Crippen LogP contribution is 2.42. The van der Waals surface area contributed by atoms with Crippen LogP contribution in [0.4, 0.5) is 0 Å². The summed E-state index contributed by atoms with van der Waals surface area (Å²) in [6, 6.07) is 8.44. The van der Waals surface area contributed by atoms with Crippen molar-refractivity contribution in [3.8, 4) is 0 Å². The smallest absolute Gasteiger partial charge is 0.218 e. The number of alkyl halides is 3. The molecule has 0 aliphatic rings. The Balaban J connectivity index is 3.02. The van der Waals surface area contributed by atoms with Crippen molar-refractivity contribution in [3.63, 3.8) is 0 Å². The molecule has 0 spiro atoms. The fourth-order valence-electron chi connectivity index (χ4n) is 2.00. The summed E-state index contributed by atoms with van der Waals surface area (Å²) >= 11 is 18.6. The van der Waals surface area contributed by atoms with E-state index in [1.807, 2.05) is 12.2 Å². The minimum atomic E-state index is -2.05. The van der Waals surface area contributed by atoms with Gasteiger partial charge in [-0.1, -0.05) is 113 Å². The molecule has 142 valence electrons. The SMILES string of the molecule is CC(C)(C)c1ccc(/C=C/[C@H](O[Si](C)(C)C(C)(C)C)C(Cl)(Cl)Cl)cc1. The quantitative estimate of drug-likeness (QED) is 0.356. The lowest BCUT2D eigenvalue weighted by atomic mass is 9.87. The normalized spacial score (nSPS) is 15.6. The standard InChI is InChI=1S/C20H31Cl3OSi/c1-18(2,3)16-12-9-15(10-13-16)11-14-17(20(21,22)23)24-25(7,8)19(4,5)6/h9-14,17H,1-8H3/b14-11+/t17-/m0/s1. The molecule has 0 bridgehead atoms. The fourth-order valence-corrected chi connectivity index (χ4v) is 3.82. The summed E-state index contributed by atoms with van der Waals surface area (Å²) in [5.41, 5.74) is 2.49. The molecule has 0 radical (unpaired) electrons. The molecular formula is C20H31Cl3OSi. The highest BCUT2D eigenvalue weighted by atomic mass is 35.6. The maximum atomic E-state index is 6.32. The zero-order valence-corrected chi connectivity index (χ0v) is 19.9. The van der Waals surface area contributed by atoms with Crippen LogP contribution in [0.5, 0.6) is 0 Å². The Hall–Kier alpha value is 0.00688. The summed E-state index contributed by atoms with van der Waals surface area (Å²) in [6.45, 7) is 17.4. The van der Waals surface area contributed by atoms with Gasteiger partial charge in [0.25, 0.3) is 0 Å². The van der Waals surface area contributed by atoms with E-state index in [9.17, 15) is 0 Å². The number of hydrogen-bond acceptors (Lipinski definition) is 1. The molecule has 0 unspecified atom stereocenters. The molecule has 1 atom stereocenters. The van der Waals surface area contributed by atoms with E-state index in [-0.39, 0.29) is 10.5 Å². The maximum absolute atomic E-state index is 6.32. The summed E-state index contributed by atoms with van der Waals surface area (Å²) in [5, 5.41) is 0.0450. The summed E-state index contributed by atoms with van der Waals surface area (Å²) < 4.78 is 4.82. The van der Waals surface area contributed by atoms with Crippen LogP contribution >= 0.6 is 34.8 Å². The zero-order valence-electron chi connectivity index (χ0n) is 16.6. The Bertz CT molecular complexity index is 587. The van der Waals surface area contributed by atoms with Gasteiger partial charge in [-0.05, 0) is 34.7 Å². The minimum absolute atomic E-state index is 0.0450. The van der Waals surface area contributed by atoms with Gasteiger partial charge in [0.05, 0.1) is 0 Å². The summed E-state index contributed by atoms with van der Waals surface area (Å²) in [5.74, 6) is 0. The van der Waals surface area contributed by atoms with Gasteiger partial charge in [0.1, 0.15) is 6.10 Å². The average molecular weight is 422 g/mol. The van der Waals surface area contributed by atoms with Crippen LogP contribution in [0.2, 0.25) is 18.1 Å². The molecule has 0 aliphatic heterocycles. The Morgan fingerprint density at radius 1 is 0.920 bits per heavy atom. The Kier molecular flexibility index (Phi) is 7.32. The first-order valence-electron chi connectivity index (χ1n) is 8.57. The van der Waals surface area contributed by atoms with E-state index in [2.05, 4.69) is 78.9 Å². The third kappa shape index (κ3) is 6.91. The Labute approximate surface area is 169 Å². The number of halogens is 3. The molecular weight excluding hydrogens is 391 g/mol.